The highest BCUT2D eigenvalue weighted by atomic mass is 32.2. The number of H-pyrrole nitrogens is 1. The molecule has 14 heteroatoms. The van der Waals surface area contributed by atoms with E-state index in [2.05, 4.69) is 30.9 Å². The molecule has 0 atom stereocenters. The molecular formula is C17H16N8O4S2. The molecule has 0 saturated carbocycles. The normalized spacial score (nSPS) is 15.3. The maximum absolute atomic E-state index is 13.2. The van der Waals surface area contributed by atoms with Gasteiger partial charge in [0.15, 0.2) is 9.84 Å². The molecule has 0 aliphatic carbocycles. The quantitative estimate of drug-likeness (QED) is 0.356. The minimum absolute atomic E-state index is 0.0427. The SMILES string of the molecule is NS(=O)(=O)c1c(S(=O)(=O)C2CNC2)ccc(-c2cccn3cncc23)c1-c1nn[nH]n1. The first-order valence-electron chi connectivity index (χ1n) is 9.08. The fourth-order valence-electron chi connectivity index (χ4n) is 3.62. The summed E-state index contributed by atoms with van der Waals surface area (Å²) in [7, 11) is -8.49. The van der Waals surface area contributed by atoms with Gasteiger partial charge >= 0.3 is 0 Å². The number of hydrogen-bond acceptors (Lipinski definition) is 9. The van der Waals surface area contributed by atoms with Crippen molar-refractivity contribution in [3.63, 3.8) is 0 Å². The zero-order valence-electron chi connectivity index (χ0n) is 15.8. The molecule has 160 valence electrons. The summed E-state index contributed by atoms with van der Waals surface area (Å²) in [5.74, 6) is -0.0932. The Morgan fingerprint density at radius 1 is 1.10 bits per heavy atom. The molecule has 0 radical (unpaired) electrons. The molecule has 1 aromatic carbocycles. The summed E-state index contributed by atoms with van der Waals surface area (Å²) >= 11 is 0. The predicted octanol–water partition coefficient (Wildman–Crippen LogP) is -0.426. The molecule has 1 fully saturated rings. The van der Waals surface area contributed by atoms with Gasteiger partial charge in [-0.2, -0.15) is 5.21 Å². The molecule has 4 aromatic rings. The Morgan fingerprint density at radius 2 is 1.90 bits per heavy atom. The number of aromatic amines is 1. The number of nitrogens with zero attached hydrogens (tertiary/aromatic N) is 5. The third kappa shape index (κ3) is 3.11. The van der Waals surface area contributed by atoms with Crippen molar-refractivity contribution in [3.8, 4) is 22.5 Å². The van der Waals surface area contributed by atoms with E-state index in [1.165, 1.54) is 12.1 Å². The number of pyridine rings is 1. The van der Waals surface area contributed by atoms with Gasteiger partial charge in [0.1, 0.15) is 4.90 Å². The molecular weight excluding hydrogens is 444 g/mol. The van der Waals surface area contributed by atoms with Gasteiger partial charge in [-0.15, -0.1) is 10.2 Å². The van der Waals surface area contributed by atoms with Crippen LogP contribution in [0.15, 0.2) is 52.8 Å². The van der Waals surface area contributed by atoms with E-state index in [4.69, 9.17) is 5.14 Å². The van der Waals surface area contributed by atoms with Crippen molar-refractivity contribution in [2.75, 3.05) is 13.1 Å². The maximum atomic E-state index is 13.2. The number of nitrogens with one attached hydrogen (secondary N) is 2. The van der Waals surface area contributed by atoms with Crippen LogP contribution in [-0.4, -0.2) is 65.2 Å². The van der Waals surface area contributed by atoms with E-state index in [-0.39, 0.29) is 29.4 Å². The largest absolute Gasteiger partial charge is 0.314 e. The second-order valence-corrected chi connectivity index (χ2v) is 10.7. The number of hydrogen-bond donors (Lipinski definition) is 3. The topological polar surface area (TPSA) is 178 Å². The molecule has 4 N–H and O–H groups in total. The highest BCUT2D eigenvalue weighted by molar-refractivity contribution is 7.94. The summed E-state index contributed by atoms with van der Waals surface area (Å²) in [4.78, 5) is 3.18. The number of nitrogens with two attached hydrogens (primary N) is 1. The number of aromatic nitrogens is 6. The maximum Gasteiger partial charge on any atom is 0.240 e. The van der Waals surface area contributed by atoms with Crippen molar-refractivity contribution >= 4 is 25.4 Å². The van der Waals surface area contributed by atoms with E-state index in [9.17, 15) is 16.8 Å². The number of imidazole rings is 1. The van der Waals surface area contributed by atoms with Crippen molar-refractivity contribution in [2.24, 2.45) is 5.14 Å². The molecule has 5 rings (SSSR count). The molecule has 31 heavy (non-hydrogen) atoms. The zero-order valence-corrected chi connectivity index (χ0v) is 17.4. The lowest BCUT2D eigenvalue weighted by Crippen LogP contribution is -2.51. The lowest BCUT2D eigenvalue weighted by molar-refractivity contribution is 0.493. The molecule has 12 nitrogen and oxygen atoms in total. The van der Waals surface area contributed by atoms with Crippen molar-refractivity contribution in [2.45, 2.75) is 15.0 Å². The monoisotopic (exact) mass is 460 g/mol. The van der Waals surface area contributed by atoms with Crippen LogP contribution >= 0.6 is 0 Å². The minimum Gasteiger partial charge on any atom is -0.314 e. The first-order chi connectivity index (χ1) is 14.8. The highest BCUT2D eigenvalue weighted by Crippen LogP contribution is 2.40. The van der Waals surface area contributed by atoms with Crippen molar-refractivity contribution in [3.05, 3.63) is 43.0 Å². The molecule has 4 heterocycles. The fraction of sp³-hybridized carbons (Fsp3) is 0.176. The molecule has 3 aromatic heterocycles. The second-order valence-electron chi connectivity index (χ2n) is 7.03. The number of sulfone groups is 1. The van der Waals surface area contributed by atoms with Gasteiger partial charge in [-0.25, -0.2) is 27.0 Å². The van der Waals surface area contributed by atoms with Gasteiger partial charge in [-0.1, -0.05) is 12.1 Å². The summed E-state index contributed by atoms with van der Waals surface area (Å²) in [5, 5.41) is 21.3. The van der Waals surface area contributed by atoms with Gasteiger partial charge in [0, 0.05) is 24.8 Å². The van der Waals surface area contributed by atoms with E-state index in [0.717, 1.165) is 0 Å². The third-order valence-corrected chi connectivity index (χ3v) is 8.49. The van der Waals surface area contributed by atoms with Gasteiger partial charge in [0.25, 0.3) is 0 Å². The average Bonchev–Trinajstić information content (AvgIpc) is 3.35. The summed E-state index contributed by atoms with van der Waals surface area (Å²) in [5.41, 5.74) is 1.60. The van der Waals surface area contributed by atoms with Gasteiger partial charge in [-0.05, 0) is 22.9 Å². The number of rotatable bonds is 5. The van der Waals surface area contributed by atoms with E-state index >= 15 is 0 Å². The standard InChI is InChI=1S/C17H16N8O4S2/c18-31(28,29)16-14(30(26,27)10-6-19-7-10)4-3-12(15(16)17-21-23-24-22-17)11-2-1-5-25-9-20-8-13(11)25/h1-5,8-10,19H,6-7H2,(H2,18,28,29)(H,21,22,23,24). The average molecular weight is 461 g/mol. The smallest absolute Gasteiger partial charge is 0.240 e. The molecule has 1 aliphatic heterocycles. The fourth-order valence-corrected chi connectivity index (χ4v) is 6.81. The van der Waals surface area contributed by atoms with Crippen LogP contribution in [0.1, 0.15) is 0 Å². The van der Waals surface area contributed by atoms with Crippen LogP contribution in [0.2, 0.25) is 0 Å². The van der Waals surface area contributed by atoms with Crippen LogP contribution < -0.4 is 10.5 Å². The molecule has 0 amide bonds. The number of primary sulfonamides is 1. The Labute approximate surface area is 176 Å². The lowest BCUT2D eigenvalue weighted by atomic mass is 9.99. The lowest BCUT2D eigenvalue weighted by Gasteiger charge is -2.28. The Kier molecular flexibility index (Phi) is 4.40. The first kappa shape index (κ1) is 19.7. The summed E-state index contributed by atoms with van der Waals surface area (Å²) in [6, 6.07) is 6.31. The minimum atomic E-state index is -4.51. The third-order valence-electron chi connectivity index (χ3n) is 5.21. The van der Waals surface area contributed by atoms with Crippen LogP contribution in [0.25, 0.3) is 28.0 Å². The van der Waals surface area contributed by atoms with E-state index in [0.29, 0.717) is 16.6 Å². The van der Waals surface area contributed by atoms with Gasteiger partial charge in [0.2, 0.25) is 15.8 Å². The van der Waals surface area contributed by atoms with Crippen molar-refractivity contribution < 1.29 is 16.8 Å². The predicted molar refractivity (Wildman–Crippen MR) is 109 cm³/mol. The first-order valence-corrected chi connectivity index (χ1v) is 12.2. The number of tetrazole rings is 1. The Bertz CT molecular complexity index is 1510. The number of sulfonamides is 1. The van der Waals surface area contributed by atoms with Crippen molar-refractivity contribution in [1.82, 2.24) is 35.3 Å². The molecule has 1 saturated heterocycles. The molecule has 1 aliphatic rings. The summed E-state index contributed by atoms with van der Waals surface area (Å²) in [6.45, 7) is 0.446. The summed E-state index contributed by atoms with van der Waals surface area (Å²) < 4.78 is 53.6. The Balaban J connectivity index is 1.91. The van der Waals surface area contributed by atoms with Crippen LogP contribution in [0, 0.1) is 0 Å². The van der Waals surface area contributed by atoms with E-state index in [1.807, 2.05) is 0 Å². The number of fused-ring (bicyclic) bond motifs is 1. The zero-order chi connectivity index (χ0) is 21.8. The molecule has 0 spiro atoms. The Hall–Kier alpha value is -3.20. The van der Waals surface area contributed by atoms with E-state index < -0.39 is 30.0 Å². The highest BCUT2D eigenvalue weighted by Gasteiger charge is 2.38. The van der Waals surface area contributed by atoms with Gasteiger partial charge in [-0.3, -0.25) is 0 Å². The summed E-state index contributed by atoms with van der Waals surface area (Å²) in [6.07, 6.45) is 4.98. The van der Waals surface area contributed by atoms with Crippen LogP contribution in [-0.2, 0) is 19.9 Å². The van der Waals surface area contributed by atoms with Crippen LogP contribution in [0.5, 0.6) is 0 Å². The Morgan fingerprint density at radius 3 is 2.55 bits per heavy atom. The number of benzene rings is 1. The molecule has 0 bridgehead atoms. The van der Waals surface area contributed by atoms with Crippen LogP contribution in [0.3, 0.4) is 0 Å². The van der Waals surface area contributed by atoms with Gasteiger partial charge < -0.3 is 9.72 Å². The second kappa shape index (κ2) is 6.91. The molecule has 0 unspecified atom stereocenters. The van der Waals surface area contributed by atoms with E-state index in [1.54, 1.807) is 35.3 Å². The van der Waals surface area contributed by atoms with Gasteiger partial charge in [0.05, 0.1) is 33.7 Å². The van der Waals surface area contributed by atoms with Crippen LogP contribution in [0.4, 0.5) is 0 Å². The van der Waals surface area contributed by atoms with Crippen molar-refractivity contribution in [1.29, 1.82) is 0 Å².